The summed E-state index contributed by atoms with van der Waals surface area (Å²) in [5.41, 5.74) is 4.32. The smallest absolute Gasteiger partial charge is 0.193 e. The van der Waals surface area contributed by atoms with Gasteiger partial charge in [0.25, 0.3) is 0 Å². The van der Waals surface area contributed by atoms with E-state index in [0.29, 0.717) is 56.3 Å². The van der Waals surface area contributed by atoms with Crippen molar-refractivity contribution in [2.45, 2.75) is 30.6 Å². The highest BCUT2D eigenvalue weighted by Crippen LogP contribution is 2.51. The third-order valence-corrected chi connectivity index (χ3v) is 13.6. The van der Waals surface area contributed by atoms with Crippen molar-refractivity contribution in [3.8, 4) is 22.3 Å². The van der Waals surface area contributed by atoms with E-state index in [1.54, 1.807) is 66.7 Å². The lowest BCUT2D eigenvalue weighted by molar-refractivity contribution is 0.103. The summed E-state index contributed by atoms with van der Waals surface area (Å²) in [5.74, 6) is -1.41. The average Bonchev–Trinajstić information content (AvgIpc) is 3.84. The van der Waals surface area contributed by atoms with E-state index in [4.69, 9.17) is 0 Å². The molecule has 56 heavy (non-hydrogen) atoms. The number of rotatable bonds is 11. The summed E-state index contributed by atoms with van der Waals surface area (Å²) in [4.78, 5) is 40.6. The number of ketones is 3. The van der Waals surface area contributed by atoms with Gasteiger partial charge in [0.2, 0.25) is 0 Å². The molecular formula is C47H38F2O6S. The largest absolute Gasteiger partial charge is 0.304 e. The van der Waals surface area contributed by atoms with E-state index in [1.165, 1.54) is 66.7 Å². The zero-order valence-electron chi connectivity index (χ0n) is 30.2. The number of hydrogen-bond acceptors (Lipinski definition) is 4. The minimum Gasteiger partial charge on any atom is -0.304 e. The number of hydrogen-bond donors (Lipinski definition) is 2. The highest BCUT2D eigenvalue weighted by Gasteiger charge is 2.46. The molecular weight excluding hydrogens is 731 g/mol. The van der Waals surface area contributed by atoms with Gasteiger partial charge in [-0.3, -0.25) is 14.4 Å². The molecule has 8 rings (SSSR count). The van der Waals surface area contributed by atoms with Gasteiger partial charge in [-0.2, -0.15) is 0 Å². The van der Waals surface area contributed by atoms with Crippen molar-refractivity contribution < 1.29 is 36.5 Å². The van der Waals surface area contributed by atoms with Crippen molar-refractivity contribution in [3.63, 3.8) is 0 Å². The van der Waals surface area contributed by atoms with Gasteiger partial charge in [-0.05, 0) is 126 Å². The van der Waals surface area contributed by atoms with Crippen LogP contribution in [0.2, 0.25) is 0 Å². The van der Waals surface area contributed by atoms with E-state index in [-0.39, 0.29) is 39.3 Å². The normalized spacial score (nSPS) is 18.3. The van der Waals surface area contributed by atoms with Crippen LogP contribution >= 0.6 is 0 Å². The molecule has 6 aromatic carbocycles. The second-order valence-electron chi connectivity index (χ2n) is 15.1. The molecule has 2 saturated carbocycles. The topological polar surface area (TPSA) is 109 Å². The maximum Gasteiger partial charge on any atom is 0.193 e. The van der Waals surface area contributed by atoms with Gasteiger partial charge in [0.1, 0.15) is 21.3 Å². The van der Waals surface area contributed by atoms with Gasteiger partial charge in [-0.15, -0.1) is 0 Å². The first-order valence-electron chi connectivity index (χ1n) is 18.6. The van der Waals surface area contributed by atoms with Gasteiger partial charge in [0.15, 0.2) is 17.3 Å². The minimum absolute atomic E-state index is 0.0684. The molecule has 0 saturated heterocycles. The number of carbonyl (C=O) groups is 3. The molecule has 2 bridgehead atoms. The first-order valence-corrected chi connectivity index (χ1v) is 20.6. The lowest BCUT2D eigenvalue weighted by Crippen LogP contribution is -2.40. The zero-order chi connectivity index (χ0) is 39.2. The van der Waals surface area contributed by atoms with E-state index < -0.39 is 27.0 Å². The summed E-state index contributed by atoms with van der Waals surface area (Å²) >= 11 is 0. The fourth-order valence-electron chi connectivity index (χ4n) is 8.43. The minimum atomic E-state index is -5.29. The SMILES string of the molecule is O=C(c1ccc(F)cc1)c1ccc(-c2ccc(-c3ccc(C(=O)c4ccc(F)cc4)cc3)c(C(=O)c3cccc(S(=O)(O)(O)CC4CC5CCC4C5)c3)c2)cc1. The van der Waals surface area contributed by atoms with Crippen molar-refractivity contribution in [2.75, 3.05) is 5.75 Å². The van der Waals surface area contributed by atoms with Gasteiger partial charge in [-0.25, -0.2) is 13.0 Å². The Kier molecular flexibility index (Phi) is 9.56. The standard InChI is InChI=1S/C47H38F2O6S/c48-40-19-14-34(15-20-40)45(50)32-10-6-30(7-11-32)37-18-23-43(31-8-12-33(13-9-31)46(51)35-16-21-41(49)22-17-35)44(27-37)47(52)38-2-1-3-42(26-38)56(53,54,55)28-39-25-29-4-5-36(39)24-29/h1-3,6-23,26-27,29,36,39H,4-5,24-25,28H2,(H2,53,54,55). The third kappa shape index (κ3) is 7.45. The van der Waals surface area contributed by atoms with Gasteiger partial charge in [0.05, 0.1) is 10.6 Å². The summed E-state index contributed by atoms with van der Waals surface area (Å²) in [5, 5.41) is 0. The predicted molar refractivity (Wildman–Crippen MR) is 212 cm³/mol. The number of fused-ring (bicyclic) bond motifs is 2. The molecule has 0 amide bonds. The Bertz CT molecular complexity index is 2560. The summed E-state index contributed by atoms with van der Waals surface area (Å²) in [6.45, 7) is 0. The second kappa shape index (κ2) is 14.4. The van der Waals surface area contributed by atoms with Crippen molar-refractivity contribution in [2.24, 2.45) is 17.8 Å². The number of benzene rings is 6. The highest BCUT2D eigenvalue weighted by molar-refractivity contribution is 8.10. The van der Waals surface area contributed by atoms with Crippen LogP contribution in [0.1, 0.15) is 73.4 Å². The fourth-order valence-corrected chi connectivity index (χ4v) is 10.5. The molecule has 3 unspecified atom stereocenters. The quantitative estimate of drug-likeness (QED) is 0.127. The van der Waals surface area contributed by atoms with Gasteiger partial charge >= 0.3 is 0 Å². The van der Waals surface area contributed by atoms with E-state index in [1.807, 2.05) is 6.07 Å². The fraction of sp³-hybridized carbons (Fsp3) is 0.170. The maximum atomic E-state index is 14.6. The lowest BCUT2D eigenvalue weighted by atomic mass is 9.89. The van der Waals surface area contributed by atoms with Gasteiger partial charge in [-0.1, -0.05) is 79.2 Å². The molecule has 2 aliphatic carbocycles. The predicted octanol–water partition coefficient (Wildman–Crippen LogP) is 10.6. The van der Waals surface area contributed by atoms with Crippen LogP contribution in [0.5, 0.6) is 0 Å². The summed E-state index contributed by atoms with van der Waals surface area (Å²) in [6.07, 6.45) is 3.93. The highest BCUT2D eigenvalue weighted by atomic mass is 32.3. The van der Waals surface area contributed by atoms with Crippen molar-refractivity contribution in [1.82, 2.24) is 0 Å². The Morgan fingerprint density at radius 1 is 0.554 bits per heavy atom. The molecule has 3 atom stereocenters. The van der Waals surface area contributed by atoms with E-state index in [2.05, 4.69) is 0 Å². The summed E-state index contributed by atoms with van der Waals surface area (Å²) in [6, 6.07) is 35.2. The van der Waals surface area contributed by atoms with Gasteiger partial charge < -0.3 is 9.11 Å². The van der Waals surface area contributed by atoms with Crippen molar-refractivity contribution >= 4 is 27.0 Å². The van der Waals surface area contributed by atoms with E-state index >= 15 is 0 Å². The Balaban J connectivity index is 1.14. The molecule has 0 radical (unpaired) electrons. The zero-order valence-corrected chi connectivity index (χ0v) is 31.1. The lowest BCUT2D eigenvalue weighted by Gasteiger charge is -2.36. The van der Waals surface area contributed by atoms with Crippen LogP contribution < -0.4 is 0 Å². The molecule has 6 nitrogen and oxygen atoms in total. The van der Waals surface area contributed by atoms with Crippen LogP contribution in [0.15, 0.2) is 144 Å². The van der Waals surface area contributed by atoms with Crippen molar-refractivity contribution in [3.05, 3.63) is 185 Å². The van der Waals surface area contributed by atoms with Crippen LogP contribution in [-0.2, 0) is 9.63 Å². The Labute approximate surface area is 323 Å². The Hall–Kier alpha value is -5.74. The second-order valence-corrected chi connectivity index (χ2v) is 17.9. The molecule has 0 aromatic heterocycles. The molecule has 282 valence electrons. The van der Waals surface area contributed by atoms with Crippen LogP contribution in [-0.4, -0.2) is 36.4 Å². The number of carbonyl (C=O) groups excluding carboxylic acids is 3. The number of halogens is 2. The molecule has 0 heterocycles. The monoisotopic (exact) mass is 768 g/mol. The molecule has 2 fully saturated rings. The van der Waals surface area contributed by atoms with E-state index in [9.17, 15) is 36.5 Å². The Morgan fingerprint density at radius 2 is 1.07 bits per heavy atom. The molecule has 2 N–H and O–H groups in total. The molecule has 0 aliphatic heterocycles. The van der Waals surface area contributed by atoms with Crippen LogP contribution in [0.4, 0.5) is 8.78 Å². The Morgan fingerprint density at radius 3 is 1.59 bits per heavy atom. The molecule has 0 spiro atoms. The van der Waals surface area contributed by atoms with Crippen LogP contribution in [0.25, 0.3) is 22.3 Å². The van der Waals surface area contributed by atoms with Crippen molar-refractivity contribution in [1.29, 1.82) is 0 Å². The first kappa shape index (κ1) is 37.2. The maximum absolute atomic E-state index is 14.6. The summed E-state index contributed by atoms with van der Waals surface area (Å²) < 4.78 is 63.6. The third-order valence-electron chi connectivity index (χ3n) is 11.4. The van der Waals surface area contributed by atoms with Gasteiger partial charge in [0, 0.05) is 33.4 Å². The van der Waals surface area contributed by atoms with E-state index in [0.717, 1.165) is 25.7 Å². The molecule has 9 heteroatoms. The first-order chi connectivity index (χ1) is 26.8. The van der Waals surface area contributed by atoms with Crippen LogP contribution in [0, 0.1) is 29.4 Å². The average molecular weight is 769 g/mol. The van der Waals surface area contributed by atoms with Crippen LogP contribution in [0.3, 0.4) is 0 Å². The molecule has 6 aromatic rings. The summed E-state index contributed by atoms with van der Waals surface area (Å²) in [7, 11) is -5.29. The molecule has 2 aliphatic rings.